The third-order valence-electron chi connectivity index (χ3n) is 4.20. The predicted octanol–water partition coefficient (Wildman–Crippen LogP) is 5.29. The van der Waals surface area contributed by atoms with E-state index in [1.807, 2.05) is 0 Å². The van der Waals surface area contributed by atoms with Crippen LogP contribution < -0.4 is 4.57 Å². The number of fused-ring (bicyclic) bond motifs is 1. The molecule has 0 radical (unpaired) electrons. The van der Waals surface area contributed by atoms with Crippen LogP contribution in [-0.4, -0.2) is 5.25 Å². The molecule has 24 heavy (non-hydrogen) atoms. The number of rotatable bonds is 6. The number of para-hydroxylation sites is 1. The molecule has 122 valence electrons. The summed E-state index contributed by atoms with van der Waals surface area (Å²) in [6, 6.07) is 23.6. The van der Waals surface area contributed by atoms with Crippen molar-refractivity contribution in [3.05, 3.63) is 84.1 Å². The quantitative estimate of drug-likeness (QED) is 0.461. The maximum atomic E-state index is 4.45. The zero-order valence-electron chi connectivity index (χ0n) is 14.1. The maximum absolute atomic E-state index is 4.45. The lowest BCUT2D eigenvalue weighted by molar-refractivity contribution is -0.664. The fourth-order valence-corrected chi connectivity index (χ4v) is 3.06. The van der Waals surface area contributed by atoms with Gasteiger partial charge >= 0.3 is 0 Å². The smallest absolute Gasteiger partial charge is 0.187 e. The molecule has 1 unspecified atom stereocenters. The summed E-state index contributed by atoms with van der Waals surface area (Å²) in [6.45, 7) is 3.02. The third-order valence-corrected chi connectivity index (χ3v) is 4.45. The standard InChI is InChI=1S/C22H23NS/c1-18(24)9-5-7-13-21-16-15-20-12-6-8-14-22(20)23(21)17-19-10-3-2-4-11-19/h2-4,6-8,10-16,18H,5,9,17H2,1H3/p+1. The Labute approximate surface area is 150 Å². The first kappa shape index (κ1) is 16.8. The number of hydrogen-bond acceptors (Lipinski definition) is 1. The SMILES string of the molecule is CC(S)CCC=Cc1ccc2ccccc2[n+]1Cc1ccccc1. The molecule has 1 aromatic heterocycles. The molecule has 3 aromatic rings. The van der Waals surface area contributed by atoms with E-state index in [-0.39, 0.29) is 0 Å². The van der Waals surface area contributed by atoms with Crippen molar-refractivity contribution in [2.45, 2.75) is 31.6 Å². The molecule has 0 fully saturated rings. The Hall–Kier alpha value is -2.06. The summed E-state index contributed by atoms with van der Waals surface area (Å²) in [5.41, 5.74) is 3.83. The van der Waals surface area contributed by atoms with Gasteiger partial charge in [-0.05, 0) is 30.2 Å². The van der Waals surface area contributed by atoms with Crippen LogP contribution in [0.15, 0.2) is 72.8 Å². The predicted molar refractivity (Wildman–Crippen MR) is 106 cm³/mol. The molecule has 1 atom stereocenters. The zero-order valence-corrected chi connectivity index (χ0v) is 15.0. The van der Waals surface area contributed by atoms with Gasteiger partial charge in [-0.25, -0.2) is 0 Å². The molecule has 0 amide bonds. The van der Waals surface area contributed by atoms with Crippen molar-refractivity contribution in [2.75, 3.05) is 0 Å². The molecule has 0 saturated heterocycles. The molecule has 1 nitrogen and oxygen atoms in total. The molecule has 0 saturated carbocycles. The van der Waals surface area contributed by atoms with Gasteiger partial charge in [-0.1, -0.05) is 55.5 Å². The Balaban J connectivity index is 1.96. The number of nitrogens with zero attached hydrogens (tertiary/aromatic N) is 1. The highest BCUT2D eigenvalue weighted by Gasteiger charge is 2.14. The summed E-state index contributed by atoms with van der Waals surface area (Å²) >= 11 is 4.45. The molecule has 0 aliphatic heterocycles. The molecule has 2 heteroatoms. The van der Waals surface area contributed by atoms with Crippen LogP contribution in [0.4, 0.5) is 0 Å². The highest BCUT2D eigenvalue weighted by molar-refractivity contribution is 7.80. The monoisotopic (exact) mass is 334 g/mol. The van der Waals surface area contributed by atoms with Crippen molar-refractivity contribution in [1.29, 1.82) is 0 Å². The fraction of sp³-hybridized carbons (Fsp3) is 0.227. The topological polar surface area (TPSA) is 3.88 Å². The minimum atomic E-state index is 0.447. The van der Waals surface area contributed by atoms with E-state index in [0.717, 1.165) is 19.4 Å². The molecule has 0 N–H and O–H groups in total. The van der Waals surface area contributed by atoms with Crippen molar-refractivity contribution in [2.24, 2.45) is 0 Å². The summed E-state index contributed by atoms with van der Waals surface area (Å²) in [4.78, 5) is 0. The molecule has 0 bridgehead atoms. The van der Waals surface area contributed by atoms with Crippen LogP contribution >= 0.6 is 12.6 Å². The van der Waals surface area contributed by atoms with Crippen molar-refractivity contribution < 1.29 is 4.57 Å². The largest absolute Gasteiger partial charge is 0.213 e. The second kappa shape index (κ2) is 8.16. The summed E-state index contributed by atoms with van der Waals surface area (Å²) < 4.78 is 2.39. The van der Waals surface area contributed by atoms with Crippen LogP contribution in [0.5, 0.6) is 0 Å². The first-order valence-corrected chi connectivity index (χ1v) is 9.06. The average molecular weight is 335 g/mol. The van der Waals surface area contributed by atoms with Crippen LogP contribution in [-0.2, 0) is 6.54 Å². The first-order chi connectivity index (χ1) is 11.7. The number of pyridine rings is 1. The van der Waals surface area contributed by atoms with Gasteiger partial charge in [0.25, 0.3) is 0 Å². The lowest BCUT2D eigenvalue weighted by Gasteiger charge is -2.06. The number of hydrogen-bond donors (Lipinski definition) is 1. The van der Waals surface area contributed by atoms with Crippen molar-refractivity contribution in [3.63, 3.8) is 0 Å². The van der Waals surface area contributed by atoms with E-state index in [9.17, 15) is 0 Å². The van der Waals surface area contributed by atoms with E-state index in [1.165, 1.54) is 22.2 Å². The van der Waals surface area contributed by atoms with Gasteiger partial charge in [-0.2, -0.15) is 17.2 Å². The second-order valence-corrected chi connectivity index (χ2v) is 7.10. The van der Waals surface area contributed by atoms with E-state index in [4.69, 9.17) is 0 Å². The van der Waals surface area contributed by atoms with Gasteiger partial charge in [-0.15, -0.1) is 0 Å². The van der Waals surface area contributed by atoms with Crippen molar-refractivity contribution >= 4 is 29.6 Å². The van der Waals surface area contributed by atoms with Crippen LogP contribution in [0.2, 0.25) is 0 Å². The summed E-state index contributed by atoms with van der Waals surface area (Å²) in [5.74, 6) is 0. The molecule has 0 aliphatic carbocycles. The third kappa shape index (κ3) is 4.27. The second-order valence-electron chi connectivity index (χ2n) is 6.22. The van der Waals surface area contributed by atoms with Crippen LogP contribution in [0.1, 0.15) is 31.0 Å². The van der Waals surface area contributed by atoms with E-state index in [0.29, 0.717) is 5.25 Å². The van der Waals surface area contributed by atoms with Gasteiger partial charge in [0.2, 0.25) is 11.2 Å². The van der Waals surface area contributed by atoms with Gasteiger partial charge < -0.3 is 0 Å². The van der Waals surface area contributed by atoms with Crippen LogP contribution in [0, 0.1) is 0 Å². The Morgan fingerprint density at radius 1 is 0.958 bits per heavy atom. The summed E-state index contributed by atoms with van der Waals surface area (Å²) in [6.07, 6.45) is 6.67. The molecule has 0 aliphatic rings. The van der Waals surface area contributed by atoms with Crippen LogP contribution in [0.25, 0.3) is 17.0 Å². The molecule has 3 rings (SSSR count). The van der Waals surface area contributed by atoms with Gasteiger partial charge in [0.05, 0.1) is 0 Å². The molecular weight excluding hydrogens is 310 g/mol. The number of thiol groups is 1. The minimum Gasteiger partial charge on any atom is -0.187 e. The first-order valence-electron chi connectivity index (χ1n) is 8.54. The molecule has 0 spiro atoms. The number of allylic oxidation sites excluding steroid dienone is 1. The van der Waals surface area contributed by atoms with Crippen molar-refractivity contribution in [3.8, 4) is 0 Å². The minimum absolute atomic E-state index is 0.447. The lowest BCUT2D eigenvalue weighted by atomic mass is 10.1. The van der Waals surface area contributed by atoms with Crippen LogP contribution in [0.3, 0.4) is 0 Å². The zero-order chi connectivity index (χ0) is 16.8. The fourth-order valence-electron chi connectivity index (χ4n) is 2.91. The summed E-state index contributed by atoms with van der Waals surface area (Å²) in [7, 11) is 0. The van der Waals surface area contributed by atoms with Gasteiger partial charge in [-0.3, -0.25) is 0 Å². The number of benzene rings is 2. The average Bonchev–Trinajstić information content (AvgIpc) is 2.61. The Morgan fingerprint density at radius 3 is 2.50 bits per heavy atom. The Kier molecular flexibility index (Phi) is 5.71. The molecule has 2 aromatic carbocycles. The maximum Gasteiger partial charge on any atom is 0.213 e. The highest BCUT2D eigenvalue weighted by atomic mass is 32.1. The van der Waals surface area contributed by atoms with Gasteiger partial charge in [0.1, 0.15) is 0 Å². The van der Waals surface area contributed by atoms with E-state index < -0.39 is 0 Å². The van der Waals surface area contributed by atoms with Gasteiger partial charge in [0.15, 0.2) is 6.54 Å². The van der Waals surface area contributed by atoms with E-state index in [1.54, 1.807) is 0 Å². The number of aromatic nitrogens is 1. The highest BCUT2D eigenvalue weighted by Crippen LogP contribution is 2.13. The van der Waals surface area contributed by atoms with Gasteiger partial charge in [0, 0.05) is 29.2 Å². The Bertz CT molecular complexity index is 822. The van der Waals surface area contributed by atoms with E-state index in [2.05, 4.69) is 103 Å². The van der Waals surface area contributed by atoms with E-state index >= 15 is 0 Å². The normalized spacial score (nSPS) is 12.8. The lowest BCUT2D eigenvalue weighted by Crippen LogP contribution is -2.38. The Morgan fingerprint density at radius 2 is 1.71 bits per heavy atom. The summed E-state index contributed by atoms with van der Waals surface area (Å²) in [5, 5.41) is 1.72. The molecule has 1 heterocycles. The molecular formula is C22H24NS+. The van der Waals surface area contributed by atoms with Crippen molar-refractivity contribution in [1.82, 2.24) is 0 Å².